The summed E-state index contributed by atoms with van der Waals surface area (Å²) >= 11 is 0. The molecular formula is C24H21FN4. The van der Waals surface area contributed by atoms with Crippen LogP contribution in [0.1, 0.15) is 28.4 Å². The Bertz CT molecular complexity index is 1080. The average Bonchev–Trinajstić information content (AvgIpc) is 2.77. The van der Waals surface area contributed by atoms with Crippen LogP contribution in [-0.4, -0.2) is 15.0 Å². The zero-order chi connectivity index (χ0) is 20.1. The maximum Gasteiger partial charge on any atom is 0.178 e. The van der Waals surface area contributed by atoms with Gasteiger partial charge in [0.2, 0.25) is 0 Å². The number of nitrogens with two attached hydrogens (primary N) is 1. The smallest absolute Gasteiger partial charge is 0.178 e. The summed E-state index contributed by atoms with van der Waals surface area (Å²) in [5.74, 6) is 0.269. The van der Waals surface area contributed by atoms with Crippen molar-refractivity contribution >= 4 is 0 Å². The van der Waals surface area contributed by atoms with Crippen LogP contribution in [0.2, 0.25) is 0 Å². The van der Waals surface area contributed by atoms with Crippen molar-refractivity contribution in [2.45, 2.75) is 18.9 Å². The van der Waals surface area contributed by atoms with Crippen LogP contribution in [0.15, 0.2) is 85.2 Å². The number of hydrogen-bond acceptors (Lipinski definition) is 4. The molecule has 0 bridgehead atoms. The first-order valence-corrected chi connectivity index (χ1v) is 9.51. The van der Waals surface area contributed by atoms with E-state index < -0.39 is 0 Å². The summed E-state index contributed by atoms with van der Waals surface area (Å²) in [4.78, 5) is 13.6. The highest BCUT2D eigenvalue weighted by atomic mass is 19.1. The lowest BCUT2D eigenvalue weighted by Crippen LogP contribution is -2.18. The van der Waals surface area contributed by atoms with Crippen molar-refractivity contribution in [2.24, 2.45) is 5.73 Å². The molecule has 2 N–H and O–H groups in total. The van der Waals surface area contributed by atoms with Gasteiger partial charge >= 0.3 is 0 Å². The Hall–Kier alpha value is -3.44. The minimum absolute atomic E-state index is 0.246. The predicted octanol–water partition coefficient (Wildman–Crippen LogP) is 4.51. The minimum atomic E-state index is -0.343. The third kappa shape index (κ3) is 4.52. The molecule has 0 amide bonds. The zero-order valence-corrected chi connectivity index (χ0v) is 15.9. The highest BCUT2D eigenvalue weighted by molar-refractivity contribution is 5.49. The summed E-state index contributed by atoms with van der Waals surface area (Å²) in [5.41, 5.74) is 10.5. The van der Waals surface area contributed by atoms with Gasteiger partial charge in [0, 0.05) is 18.8 Å². The summed E-state index contributed by atoms with van der Waals surface area (Å²) in [5, 5.41) is 0. The van der Waals surface area contributed by atoms with E-state index in [9.17, 15) is 4.39 Å². The second-order valence-electron chi connectivity index (χ2n) is 6.88. The second-order valence-corrected chi connectivity index (χ2v) is 6.88. The second kappa shape index (κ2) is 8.71. The van der Waals surface area contributed by atoms with Gasteiger partial charge < -0.3 is 5.73 Å². The molecule has 2 aromatic heterocycles. The molecule has 0 fully saturated rings. The molecule has 2 aromatic carbocycles. The Morgan fingerprint density at radius 1 is 0.828 bits per heavy atom. The fraction of sp³-hybridized carbons (Fsp3) is 0.125. The van der Waals surface area contributed by atoms with E-state index in [0.29, 0.717) is 35.6 Å². The molecule has 4 aromatic rings. The van der Waals surface area contributed by atoms with E-state index in [4.69, 9.17) is 10.7 Å². The molecule has 0 radical (unpaired) electrons. The van der Waals surface area contributed by atoms with Gasteiger partial charge in [0.05, 0.1) is 11.7 Å². The van der Waals surface area contributed by atoms with Crippen molar-refractivity contribution in [3.63, 3.8) is 0 Å². The molecule has 1 atom stereocenters. The molecule has 5 heteroatoms. The number of rotatable bonds is 6. The lowest BCUT2D eigenvalue weighted by molar-refractivity contribution is 0.612. The molecule has 0 aliphatic rings. The Labute approximate surface area is 169 Å². The standard InChI is InChI=1S/C24H21FN4/c25-20-11-5-4-10-18(20)15-19-16-28-24(22-12-6-7-13-27-22)29-23(19)21(26)14-17-8-2-1-3-9-17/h1-13,16,21H,14-15,26H2. The number of hydrogen-bond donors (Lipinski definition) is 1. The van der Waals surface area contributed by atoms with Crippen molar-refractivity contribution in [2.75, 3.05) is 0 Å². The molecule has 1 unspecified atom stereocenters. The van der Waals surface area contributed by atoms with Gasteiger partial charge in [-0.2, -0.15) is 0 Å². The fourth-order valence-corrected chi connectivity index (χ4v) is 3.31. The van der Waals surface area contributed by atoms with Crippen LogP contribution in [0.25, 0.3) is 11.5 Å². The quantitative estimate of drug-likeness (QED) is 0.531. The molecule has 2 heterocycles. The SMILES string of the molecule is NC(Cc1ccccc1)c1nc(-c2ccccn2)ncc1Cc1ccccc1F. The minimum Gasteiger partial charge on any atom is -0.322 e. The van der Waals surface area contributed by atoms with Crippen LogP contribution in [0.5, 0.6) is 0 Å². The maximum absolute atomic E-state index is 14.2. The topological polar surface area (TPSA) is 64.7 Å². The number of benzene rings is 2. The van der Waals surface area contributed by atoms with E-state index in [1.54, 1.807) is 24.5 Å². The summed E-state index contributed by atoms with van der Waals surface area (Å²) in [6.07, 6.45) is 4.45. The van der Waals surface area contributed by atoms with Gasteiger partial charge in [0.1, 0.15) is 11.5 Å². The molecule has 0 spiro atoms. The molecule has 144 valence electrons. The van der Waals surface area contributed by atoms with E-state index in [-0.39, 0.29) is 11.9 Å². The maximum atomic E-state index is 14.2. The van der Waals surface area contributed by atoms with Gasteiger partial charge in [0.25, 0.3) is 0 Å². The Morgan fingerprint density at radius 3 is 2.34 bits per heavy atom. The monoisotopic (exact) mass is 384 g/mol. The number of aromatic nitrogens is 3. The van der Waals surface area contributed by atoms with E-state index in [0.717, 1.165) is 11.1 Å². The van der Waals surface area contributed by atoms with Gasteiger partial charge in [-0.05, 0) is 41.3 Å². The third-order valence-corrected chi connectivity index (χ3v) is 4.78. The van der Waals surface area contributed by atoms with Crippen molar-refractivity contribution in [3.8, 4) is 11.5 Å². The summed E-state index contributed by atoms with van der Waals surface area (Å²) in [6, 6.07) is 22.0. The molecule has 4 rings (SSSR count). The third-order valence-electron chi connectivity index (χ3n) is 4.78. The molecule has 0 saturated carbocycles. The van der Waals surface area contributed by atoms with Crippen LogP contribution in [0.3, 0.4) is 0 Å². The van der Waals surface area contributed by atoms with Crippen LogP contribution < -0.4 is 5.73 Å². The van der Waals surface area contributed by atoms with Crippen LogP contribution in [-0.2, 0) is 12.8 Å². The van der Waals surface area contributed by atoms with E-state index in [1.165, 1.54) is 6.07 Å². The van der Waals surface area contributed by atoms with Gasteiger partial charge in [-0.1, -0.05) is 54.6 Å². The van der Waals surface area contributed by atoms with E-state index >= 15 is 0 Å². The van der Waals surface area contributed by atoms with Crippen molar-refractivity contribution in [1.29, 1.82) is 0 Å². The van der Waals surface area contributed by atoms with Crippen LogP contribution in [0, 0.1) is 5.82 Å². The molecular weight excluding hydrogens is 363 g/mol. The van der Waals surface area contributed by atoms with Crippen molar-refractivity contribution in [3.05, 3.63) is 113 Å². The lowest BCUT2D eigenvalue weighted by atomic mass is 9.97. The van der Waals surface area contributed by atoms with Gasteiger partial charge in [0.15, 0.2) is 5.82 Å². The van der Waals surface area contributed by atoms with Gasteiger partial charge in [-0.15, -0.1) is 0 Å². The summed E-state index contributed by atoms with van der Waals surface area (Å²) < 4.78 is 14.2. The number of nitrogens with zero attached hydrogens (tertiary/aromatic N) is 3. The van der Waals surface area contributed by atoms with Crippen LogP contribution >= 0.6 is 0 Å². The van der Waals surface area contributed by atoms with E-state index in [1.807, 2.05) is 54.6 Å². The first-order chi connectivity index (χ1) is 14.2. The first-order valence-electron chi connectivity index (χ1n) is 9.51. The summed E-state index contributed by atoms with van der Waals surface area (Å²) in [6.45, 7) is 0. The largest absolute Gasteiger partial charge is 0.322 e. The normalized spacial score (nSPS) is 11.9. The highest BCUT2D eigenvalue weighted by Gasteiger charge is 2.18. The molecule has 0 aliphatic heterocycles. The Morgan fingerprint density at radius 2 is 1.59 bits per heavy atom. The Balaban J connectivity index is 1.72. The first kappa shape index (κ1) is 18.9. The zero-order valence-electron chi connectivity index (χ0n) is 15.9. The molecule has 4 nitrogen and oxygen atoms in total. The van der Waals surface area contributed by atoms with Gasteiger partial charge in [-0.25, -0.2) is 14.4 Å². The fourth-order valence-electron chi connectivity index (χ4n) is 3.31. The van der Waals surface area contributed by atoms with Crippen LogP contribution in [0.4, 0.5) is 4.39 Å². The average molecular weight is 384 g/mol. The van der Waals surface area contributed by atoms with Crippen molar-refractivity contribution in [1.82, 2.24) is 15.0 Å². The lowest BCUT2D eigenvalue weighted by Gasteiger charge is -2.17. The number of halogens is 1. The molecule has 0 saturated heterocycles. The number of pyridine rings is 1. The molecule has 0 aliphatic carbocycles. The predicted molar refractivity (Wildman–Crippen MR) is 112 cm³/mol. The van der Waals surface area contributed by atoms with Crippen molar-refractivity contribution < 1.29 is 4.39 Å². The highest BCUT2D eigenvalue weighted by Crippen LogP contribution is 2.24. The summed E-state index contributed by atoms with van der Waals surface area (Å²) in [7, 11) is 0. The Kier molecular flexibility index (Phi) is 5.68. The molecule has 29 heavy (non-hydrogen) atoms. The van der Waals surface area contributed by atoms with E-state index in [2.05, 4.69) is 9.97 Å². The van der Waals surface area contributed by atoms with Gasteiger partial charge in [-0.3, -0.25) is 4.98 Å².